The first-order chi connectivity index (χ1) is 13.5. The highest BCUT2D eigenvalue weighted by molar-refractivity contribution is 5.93. The molecule has 2 heterocycles. The van der Waals surface area contributed by atoms with Crippen LogP contribution in [0, 0.1) is 12.7 Å². The normalized spacial score (nSPS) is 11.3. The van der Waals surface area contributed by atoms with Gasteiger partial charge in [0.15, 0.2) is 0 Å². The third-order valence-electron chi connectivity index (χ3n) is 4.66. The number of pyridine rings is 1. The van der Waals surface area contributed by atoms with Gasteiger partial charge in [-0.1, -0.05) is 12.1 Å². The average Bonchev–Trinajstić information content (AvgIpc) is 2.70. The van der Waals surface area contributed by atoms with Crippen molar-refractivity contribution in [3.63, 3.8) is 0 Å². The molecular weight excluding hydrogens is 365 g/mol. The maximum absolute atomic E-state index is 14.3. The lowest BCUT2D eigenvalue weighted by atomic mass is 9.94. The summed E-state index contributed by atoms with van der Waals surface area (Å²) in [6, 6.07) is 11.1. The number of nitrogen functional groups attached to an aromatic ring is 1. The van der Waals surface area contributed by atoms with Crippen molar-refractivity contribution in [3.05, 3.63) is 71.9 Å². The molecule has 4 aromatic rings. The number of fused-ring (bicyclic) bond motifs is 1. The summed E-state index contributed by atoms with van der Waals surface area (Å²) < 4.78 is 40.7. The van der Waals surface area contributed by atoms with E-state index in [1.807, 2.05) is 12.1 Å². The average molecular weight is 380 g/mol. The van der Waals surface area contributed by atoms with E-state index in [9.17, 15) is 13.2 Å². The van der Waals surface area contributed by atoms with Crippen LogP contribution < -0.4 is 5.73 Å². The minimum absolute atomic E-state index is 0.257. The lowest BCUT2D eigenvalue weighted by Crippen LogP contribution is -1.98. The standard InChI is InChI=1S/C21H15F3N4/c1-11-15(8-13(20(23)24)9-17(11)22)19-14(3-2-6-26-19)12-4-5-18-16(7-12)21(25)28-10-27-18/h2-10,20H,1H3,(H2,25,27,28). The third kappa shape index (κ3) is 3.05. The van der Waals surface area contributed by atoms with Crippen molar-refractivity contribution in [2.75, 3.05) is 5.73 Å². The van der Waals surface area contributed by atoms with E-state index in [2.05, 4.69) is 15.0 Å². The van der Waals surface area contributed by atoms with Crippen molar-refractivity contribution in [3.8, 4) is 22.4 Å². The highest BCUT2D eigenvalue weighted by atomic mass is 19.3. The van der Waals surface area contributed by atoms with Gasteiger partial charge in [0.2, 0.25) is 0 Å². The van der Waals surface area contributed by atoms with E-state index in [-0.39, 0.29) is 11.1 Å². The van der Waals surface area contributed by atoms with Crippen LogP contribution in [0.4, 0.5) is 19.0 Å². The van der Waals surface area contributed by atoms with Crippen LogP contribution in [0.5, 0.6) is 0 Å². The number of benzene rings is 2. The Morgan fingerprint density at radius 3 is 2.57 bits per heavy atom. The molecule has 140 valence electrons. The van der Waals surface area contributed by atoms with E-state index in [4.69, 9.17) is 5.73 Å². The van der Waals surface area contributed by atoms with E-state index >= 15 is 0 Å². The predicted molar refractivity (Wildman–Crippen MR) is 102 cm³/mol. The number of hydrogen-bond donors (Lipinski definition) is 1. The molecule has 0 aliphatic heterocycles. The number of halogens is 3. The van der Waals surface area contributed by atoms with Gasteiger partial charge in [-0.15, -0.1) is 0 Å². The molecule has 0 amide bonds. The summed E-state index contributed by atoms with van der Waals surface area (Å²) >= 11 is 0. The number of hydrogen-bond acceptors (Lipinski definition) is 4. The summed E-state index contributed by atoms with van der Waals surface area (Å²) in [6.07, 6.45) is 0.150. The first kappa shape index (κ1) is 17.9. The molecule has 0 radical (unpaired) electrons. The predicted octanol–water partition coefficient (Wildman–Crippen LogP) is 5.33. The van der Waals surface area contributed by atoms with Gasteiger partial charge in [-0.3, -0.25) is 4.98 Å². The number of alkyl halides is 2. The highest BCUT2D eigenvalue weighted by Crippen LogP contribution is 2.36. The summed E-state index contributed by atoms with van der Waals surface area (Å²) in [4.78, 5) is 12.5. The van der Waals surface area contributed by atoms with Gasteiger partial charge in [0, 0.05) is 28.3 Å². The van der Waals surface area contributed by atoms with Gasteiger partial charge in [-0.2, -0.15) is 0 Å². The molecule has 0 aliphatic carbocycles. The van der Waals surface area contributed by atoms with Crippen molar-refractivity contribution in [2.45, 2.75) is 13.3 Å². The van der Waals surface area contributed by atoms with Gasteiger partial charge in [0.05, 0.1) is 11.2 Å². The summed E-state index contributed by atoms with van der Waals surface area (Å²) in [5, 5.41) is 0.666. The Balaban J connectivity index is 1.95. The zero-order valence-electron chi connectivity index (χ0n) is 14.8. The van der Waals surface area contributed by atoms with Crippen molar-refractivity contribution < 1.29 is 13.2 Å². The molecule has 0 fully saturated rings. The molecule has 0 spiro atoms. The Kier molecular flexibility index (Phi) is 4.43. The molecule has 2 aromatic carbocycles. The molecule has 0 aliphatic rings. The first-order valence-electron chi connectivity index (χ1n) is 8.50. The van der Waals surface area contributed by atoms with E-state index in [0.717, 1.165) is 11.6 Å². The van der Waals surface area contributed by atoms with Crippen LogP contribution in [0.3, 0.4) is 0 Å². The van der Waals surface area contributed by atoms with Crippen LogP contribution in [0.15, 0.2) is 55.0 Å². The largest absolute Gasteiger partial charge is 0.383 e. The van der Waals surface area contributed by atoms with Crippen LogP contribution in [0.25, 0.3) is 33.3 Å². The van der Waals surface area contributed by atoms with Crippen LogP contribution in [0.2, 0.25) is 0 Å². The maximum Gasteiger partial charge on any atom is 0.263 e. The maximum atomic E-state index is 14.3. The fourth-order valence-electron chi connectivity index (χ4n) is 3.17. The number of nitrogens with two attached hydrogens (primary N) is 1. The quantitative estimate of drug-likeness (QED) is 0.522. The fraction of sp³-hybridized carbons (Fsp3) is 0.0952. The number of aromatic nitrogens is 3. The van der Waals surface area contributed by atoms with E-state index < -0.39 is 12.2 Å². The SMILES string of the molecule is Cc1c(F)cc(C(F)F)cc1-c1ncccc1-c1ccc2ncnc(N)c2c1. The van der Waals surface area contributed by atoms with Gasteiger partial charge in [-0.05, 0) is 48.4 Å². The molecule has 4 rings (SSSR count). The van der Waals surface area contributed by atoms with Crippen LogP contribution in [0.1, 0.15) is 17.6 Å². The Morgan fingerprint density at radius 1 is 0.964 bits per heavy atom. The second kappa shape index (κ2) is 6.92. The second-order valence-electron chi connectivity index (χ2n) is 6.37. The molecule has 4 nitrogen and oxygen atoms in total. The number of rotatable bonds is 3. The van der Waals surface area contributed by atoms with Crippen molar-refractivity contribution in [1.82, 2.24) is 15.0 Å². The molecule has 0 saturated heterocycles. The van der Waals surface area contributed by atoms with Crippen LogP contribution in [-0.4, -0.2) is 15.0 Å². The zero-order valence-corrected chi connectivity index (χ0v) is 14.8. The molecule has 0 bridgehead atoms. The zero-order chi connectivity index (χ0) is 19.8. The minimum atomic E-state index is -2.78. The Morgan fingerprint density at radius 2 is 1.79 bits per heavy atom. The van der Waals surface area contributed by atoms with Crippen molar-refractivity contribution in [2.24, 2.45) is 0 Å². The third-order valence-corrected chi connectivity index (χ3v) is 4.66. The summed E-state index contributed by atoms with van der Waals surface area (Å²) in [5.41, 5.74) is 8.66. The lowest BCUT2D eigenvalue weighted by molar-refractivity contribution is 0.151. The van der Waals surface area contributed by atoms with Gasteiger partial charge in [0.1, 0.15) is 18.0 Å². The summed E-state index contributed by atoms with van der Waals surface area (Å²) in [5.74, 6) is -0.361. The van der Waals surface area contributed by atoms with Crippen molar-refractivity contribution in [1.29, 1.82) is 0 Å². The van der Waals surface area contributed by atoms with Crippen LogP contribution in [-0.2, 0) is 0 Å². The summed E-state index contributed by atoms with van der Waals surface area (Å²) in [6.45, 7) is 1.55. The molecule has 0 atom stereocenters. The Labute approximate surface area is 158 Å². The fourth-order valence-corrected chi connectivity index (χ4v) is 3.17. The molecule has 7 heteroatoms. The van der Waals surface area contributed by atoms with Gasteiger partial charge >= 0.3 is 0 Å². The molecule has 2 N–H and O–H groups in total. The minimum Gasteiger partial charge on any atom is -0.383 e. The number of nitrogens with zero attached hydrogens (tertiary/aromatic N) is 3. The summed E-state index contributed by atoms with van der Waals surface area (Å²) in [7, 11) is 0. The highest BCUT2D eigenvalue weighted by Gasteiger charge is 2.18. The topological polar surface area (TPSA) is 64.7 Å². The lowest BCUT2D eigenvalue weighted by Gasteiger charge is -2.14. The number of anilines is 1. The van der Waals surface area contributed by atoms with Gasteiger partial charge in [0.25, 0.3) is 6.43 Å². The molecule has 2 aromatic heterocycles. The van der Waals surface area contributed by atoms with Crippen molar-refractivity contribution >= 4 is 16.7 Å². The Bertz CT molecular complexity index is 1190. The Hall–Kier alpha value is -3.48. The smallest absolute Gasteiger partial charge is 0.263 e. The molecule has 0 unspecified atom stereocenters. The van der Waals surface area contributed by atoms with Crippen LogP contribution >= 0.6 is 0 Å². The first-order valence-corrected chi connectivity index (χ1v) is 8.50. The molecule has 28 heavy (non-hydrogen) atoms. The van der Waals surface area contributed by atoms with E-state index in [1.54, 1.807) is 31.3 Å². The van der Waals surface area contributed by atoms with Gasteiger partial charge in [-0.25, -0.2) is 23.1 Å². The molecular formula is C21H15F3N4. The second-order valence-corrected chi connectivity index (χ2v) is 6.37. The van der Waals surface area contributed by atoms with E-state index in [1.165, 1.54) is 12.4 Å². The monoisotopic (exact) mass is 380 g/mol. The van der Waals surface area contributed by atoms with E-state index in [0.29, 0.717) is 33.5 Å². The molecule has 0 saturated carbocycles. The van der Waals surface area contributed by atoms with Gasteiger partial charge < -0.3 is 5.73 Å².